The molecule has 1 aliphatic carbocycles. The minimum atomic E-state index is 0. The summed E-state index contributed by atoms with van der Waals surface area (Å²) in [5.74, 6) is 0.841. The Kier molecular flexibility index (Phi) is 10.9. The Morgan fingerprint density at radius 3 is 2.68 bits per heavy atom. The molecule has 0 atom stereocenters. The van der Waals surface area contributed by atoms with Crippen molar-refractivity contribution in [3.8, 4) is 0 Å². The van der Waals surface area contributed by atoms with Crippen LogP contribution in [0.25, 0.3) is 0 Å². The second-order valence-corrected chi connectivity index (χ2v) is 6.45. The topological polar surface area (TPSA) is 45.7 Å². The zero-order chi connectivity index (χ0) is 14.8. The molecule has 1 fully saturated rings. The molecule has 0 spiro atoms. The lowest BCUT2D eigenvalue weighted by Gasteiger charge is -2.16. The summed E-state index contributed by atoms with van der Waals surface area (Å²) in [6.45, 7) is 2.38. The molecule has 0 aliphatic heterocycles. The molecule has 2 N–H and O–H groups in total. The molecule has 4 nitrogen and oxygen atoms in total. The van der Waals surface area contributed by atoms with E-state index in [4.69, 9.17) is 4.74 Å². The Hall–Kier alpha value is -0.340. The summed E-state index contributed by atoms with van der Waals surface area (Å²) in [4.78, 5) is 5.54. The van der Waals surface area contributed by atoms with Crippen molar-refractivity contribution in [1.82, 2.24) is 10.6 Å². The van der Waals surface area contributed by atoms with Gasteiger partial charge in [-0.1, -0.05) is 31.7 Å². The van der Waals surface area contributed by atoms with E-state index in [0.717, 1.165) is 25.7 Å². The molecule has 0 aromatic carbocycles. The number of halogens is 1. The molecular weight excluding hydrogens is 409 g/mol. The summed E-state index contributed by atoms with van der Waals surface area (Å²) in [7, 11) is 1.80. The van der Waals surface area contributed by atoms with Crippen molar-refractivity contribution in [2.24, 2.45) is 4.99 Å². The van der Waals surface area contributed by atoms with E-state index in [-0.39, 0.29) is 24.0 Å². The summed E-state index contributed by atoms with van der Waals surface area (Å²) >= 11 is 1.75. The second-order valence-electron chi connectivity index (χ2n) is 5.42. The fraction of sp³-hybridized carbons (Fsp3) is 0.688. The summed E-state index contributed by atoms with van der Waals surface area (Å²) in [5.41, 5.74) is 0. The van der Waals surface area contributed by atoms with E-state index in [9.17, 15) is 0 Å². The number of nitrogens with one attached hydrogen (secondary N) is 2. The molecular formula is C16H28IN3OS. The highest BCUT2D eigenvalue weighted by Gasteiger charge is 2.12. The van der Waals surface area contributed by atoms with E-state index in [1.807, 2.05) is 0 Å². The largest absolute Gasteiger partial charge is 0.376 e. The molecule has 0 bridgehead atoms. The van der Waals surface area contributed by atoms with Crippen LogP contribution in [0.4, 0.5) is 0 Å². The van der Waals surface area contributed by atoms with Gasteiger partial charge in [-0.05, 0) is 24.3 Å². The zero-order valence-corrected chi connectivity index (χ0v) is 16.5. The monoisotopic (exact) mass is 437 g/mol. The maximum atomic E-state index is 5.97. The van der Waals surface area contributed by atoms with Gasteiger partial charge in [0.15, 0.2) is 5.96 Å². The van der Waals surface area contributed by atoms with E-state index < -0.39 is 0 Å². The number of hydrogen-bond acceptors (Lipinski definition) is 3. The summed E-state index contributed by atoms with van der Waals surface area (Å²) in [6.07, 6.45) is 8.31. The minimum Gasteiger partial charge on any atom is -0.376 e. The quantitative estimate of drug-likeness (QED) is 0.234. The van der Waals surface area contributed by atoms with Crippen LogP contribution in [-0.4, -0.2) is 32.3 Å². The van der Waals surface area contributed by atoms with Crippen LogP contribution in [0.5, 0.6) is 0 Å². The van der Waals surface area contributed by atoms with Gasteiger partial charge in [-0.3, -0.25) is 4.99 Å². The van der Waals surface area contributed by atoms with E-state index in [2.05, 4.69) is 33.1 Å². The fourth-order valence-corrected chi connectivity index (χ4v) is 3.25. The van der Waals surface area contributed by atoms with Gasteiger partial charge in [-0.25, -0.2) is 0 Å². The highest BCUT2D eigenvalue weighted by atomic mass is 127. The molecule has 1 aromatic heterocycles. The number of ether oxygens (including phenoxy) is 1. The van der Waals surface area contributed by atoms with Crippen LogP contribution < -0.4 is 10.6 Å². The average molecular weight is 437 g/mol. The third-order valence-electron chi connectivity index (χ3n) is 3.78. The molecule has 1 aliphatic rings. The molecule has 1 aromatic rings. The third kappa shape index (κ3) is 7.78. The number of guanidine groups is 1. The zero-order valence-electron chi connectivity index (χ0n) is 13.3. The van der Waals surface area contributed by atoms with Crippen LogP contribution in [0.2, 0.25) is 0 Å². The van der Waals surface area contributed by atoms with Crippen molar-refractivity contribution >= 4 is 41.3 Å². The SMILES string of the molecule is CN=C(NCCOC1CCCCCC1)NCc1cccs1.I. The lowest BCUT2D eigenvalue weighted by molar-refractivity contribution is 0.0468. The number of nitrogens with zero attached hydrogens (tertiary/aromatic N) is 1. The van der Waals surface area contributed by atoms with Gasteiger partial charge in [-0.15, -0.1) is 35.3 Å². The normalized spacial score (nSPS) is 16.7. The summed E-state index contributed by atoms with van der Waals surface area (Å²) in [5, 5.41) is 8.71. The van der Waals surface area contributed by atoms with Gasteiger partial charge >= 0.3 is 0 Å². The second kappa shape index (κ2) is 12.1. The van der Waals surface area contributed by atoms with Crippen molar-refractivity contribution in [3.05, 3.63) is 22.4 Å². The van der Waals surface area contributed by atoms with Gasteiger partial charge in [0, 0.05) is 18.5 Å². The van der Waals surface area contributed by atoms with Gasteiger partial charge in [-0.2, -0.15) is 0 Å². The Bertz CT molecular complexity index is 404. The summed E-state index contributed by atoms with van der Waals surface area (Å²) < 4.78 is 5.97. The van der Waals surface area contributed by atoms with E-state index in [1.54, 1.807) is 18.4 Å². The molecule has 126 valence electrons. The van der Waals surface area contributed by atoms with Gasteiger partial charge in [0.25, 0.3) is 0 Å². The first kappa shape index (κ1) is 19.7. The number of rotatable bonds is 6. The highest BCUT2D eigenvalue weighted by molar-refractivity contribution is 14.0. The van der Waals surface area contributed by atoms with Gasteiger partial charge in [0.1, 0.15) is 0 Å². The van der Waals surface area contributed by atoms with Crippen LogP contribution in [0.3, 0.4) is 0 Å². The van der Waals surface area contributed by atoms with Gasteiger partial charge in [0.05, 0.1) is 19.3 Å². The molecule has 0 unspecified atom stereocenters. The third-order valence-corrected chi connectivity index (χ3v) is 4.66. The molecule has 1 heterocycles. The van der Waals surface area contributed by atoms with Crippen molar-refractivity contribution in [2.75, 3.05) is 20.2 Å². The van der Waals surface area contributed by atoms with Gasteiger partial charge in [0.2, 0.25) is 0 Å². The van der Waals surface area contributed by atoms with Crippen molar-refractivity contribution < 1.29 is 4.74 Å². The number of hydrogen-bond donors (Lipinski definition) is 2. The van der Waals surface area contributed by atoms with E-state index >= 15 is 0 Å². The molecule has 6 heteroatoms. The Morgan fingerprint density at radius 2 is 2.05 bits per heavy atom. The van der Waals surface area contributed by atoms with E-state index in [0.29, 0.717) is 6.10 Å². The number of thiophene rings is 1. The molecule has 0 radical (unpaired) electrons. The first-order valence-electron chi connectivity index (χ1n) is 7.97. The maximum Gasteiger partial charge on any atom is 0.191 e. The van der Waals surface area contributed by atoms with Crippen LogP contribution in [0, 0.1) is 0 Å². The van der Waals surface area contributed by atoms with Gasteiger partial charge < -0.3 is 15.4 Å². The standard InChI is InChI=1S/C16H27N3OS.HI/c1-17-16(19-13-15-9-6-12-21-15)18-10-11-20-14-7-4-2-3-5-8-14;/h6,9,12,14H,2-5,7-8,10-11,13H2,1H3,(H2,17,18,19);1H. The molecule has 22 heavy (non-hydrogen) atoms. The molecule has 0 amide bonds. The predicted molar refractivity (Wildman–Crippen MR) is 105 cm³/mol. The number of aliphatic imine (C=N–C) groups is 1. The van der Waals surface area contributed by atoms with Crippen LogP contribution in [0.1, 0.15) is 43.4 Å². The van der Waals surface area contributed by atoms with Crippen LogP contribution >= 0.6 is 35.3 Å². The average Bonchev–Trinajstić information content (AvgIpc) is 2.89. The Balaban J connectivity index is 0.00000242. The smallest absolute Gasteiger partial charge is 0.191 e. The Labute approximate surface area is 155 Å². The summed E-state index contributed by atoms with van der Waals surface area (Å²) in [6, 6.07) is 4.19. The predicted octanol–water partition coefficient (Wildman–Crippen LogP) is 3.77. The minimum absolute atomic E-state index is 0. The maximum absolute atomic E-state index is 5.97. The van der Waals surface area contributed by atoms with Crippen molar-refractivity contribution in [1.29, 1.82) is 0 Å². The molecule has 2 rings (SSSR count). The fourth-order valence-electron chi connectivity index (χ4n) is 2.61. The van der Waals surface area contributed by atoms with Crippen molar-refractivity contribution in [3.63, 3.8) is 0 Å². The molecule has 1 saturated carbocycles. The Morgan fingerprint density at radius 1 is 1.27 bits per heavy atom. The van der Waals surface area contributed by atoms with Crippen molar-refractivity contribution in [2.45, 2.75) is 51.2 Å². The van der Waals surface area contributed by atoms with Crippen LogP contribution in [-0.2, 0) is 11.3 Å². The lowest BCUT2D eigenvalue weighted by atomic mass is 10.1. The van der Waals surface area contributed by atoms with E-state index in [1.165, 1.54) is 43.4 Å². The van der Waals surface area contributed by atoms with Crippen LogP contribution in [0.15, 0.2) is 22.5 Å². The highest BCUT2D eigenvalue weighted by Crippen LogP contribution is 2.19. The molecule has 0 saturated heterocycles. The first-order valence-corrected chi connectivity index (χ1v) is 8.85. The lowest BCUT2D eigenvalue weighted by Crippen LogP contribution is -2.38. The first-order chi connectivity index (χ1) is 10.4.